The van der Waals surface area contributed by atoms with Crippen molar-refractivity contribution in [3.8, 4) is 0 Å². The van der Waals surface area contributed by atoms with E-state index in [1.54, 1.807) is 4.90 Å². The predicted molar refractivity (Wildman–Crippen MR) is 66.9 cm³/mol. The highest BCUT2D eigenvalue weighted by Gasteiger charge is 2.14. The molecule has 17 heavy (non-hydrogen) atoms. The Hall–Kier alpha value is -1.10. The highest BCUT2D eigenvalue weighted by Crippen LogP contribution is 2.00. The monoisotopic (exact) mass is 244 g/mol. The van der Waals surface area contributed by atoms with Gasteiger partial charge in [-0.3, -0.25) is 9.59 Å². The van der Waals surface area contributed by atoms with Crippen molar-refractivity contribution in [1.82, 2.24) is 10.2 Å². The van der Waals surface area contributed by atoms with Crippen LogP contribution in [0.5, 0.6) is 0 Å². The largest absolute Gasteiger partial charge is 0.481 e. The number of carbonyl (C=O) groups excluding carboxylic acids is 1. The molecule has 0 saturated carbocycles. The molecule has 0 heterocycles. The van der Waals surface area contributed by atoms with Crippen LogP contribution in [0.2, 0.25) is 0 Å². The molecule has 100 valence electrons. The highest BCUT2D eigenvalue weighted by atomic mass is 16.4. The van der Waals surface area contributed by atoms with Gasteiger partial charge in [0, 0.05) is 31.6 Å². The molecule has 0 rings (SSSR count). The van der Waals surface area contributed by atoms with Gasteiger partial charge >= 0.3 is 5.97 Å². The van der Waals surface area contributed by atoms with Gasteiger partial charge in [-0.15, -0.1) is 0 Å². The zero-order valence-corrected chi connectivity index (χ0v) is 11.2. The number of carboxylic acid groups (broad SMARTS) is 1. The standard InChI is InChI=1S/C12H24N2O3/c1-5-14(9-7-11(16)17)10(15)6-8-13-12(2,3)4/h13H,5-9H2,1-4H3,(H,16,17). The summed E-state index contributed by atoms with van der Waals surface area (Å²) in [6.45, 7) is 9.45. The SMILES string of the molecule is CCN(CCC(=O)O)C(=O)CCNC(C)(C)C. The van der Waals surface area contributed by atoms with Gasteiger partial charge in [0.2, 0.25) is 5.91 Å². The second kappa shape index (κ2) is 7.27. The first-order valence-corrected chi connectivity index (χ1v) is 6.01. The summed E-state index contributed by atoms with van der Waals surface area (Å²) in [4.78, 5) is 23.8. The molecule has 0 aromatic heterocycles. The van der Waals surface area contributed by atoms with Crippen LogP contribution in [0.1, 0.15) is 40.5 Å². The van der Waals surface area contributed by atoms with Gasteiger partial charge in [-0.05, 0) is 27.7 Å². The summed E-state index contributed by atoms with van der Waals surface area (Å²) in [5.74, 6) is -0.866. The number of hydrogen-bond acceptors (Lipinski definition) is 3. The Bertz CT molecular complexity index is 259. The lowest BCUT2D eigenvalue weighted by molar-refractivity contribution is -0.138. The number of hydrogen-bond donors (Lipinski definition) is 2. The van der Waals surface area contributed by atoms with Crippen LogP contribution < -0.4 is 5.32 Å². The first-order chi connectivity index (χ1) is 7.76. The molecule has 0 aliphatic rings. The van der Waals surface area contributed by atoms with E-state index < -0.39 is 5.97 Å². The summed E-state index contributed by atoms with van der Waals surface area (Å²) < 4.78 is 0. The van der Waals surface area contributed by atoms with Crippen molar-refractivity contribution in [1.29, 1.82) is 0 Å². The van der Waals surface area contributed by atoms with Gasteiger partial charge in [0.15, 0.2) is 0 Å². The summed E-state index contributed by atoms with van der Waals surface area (Å²) in [7, 11) is 0. The quantitative estimate of drug-likeness (QED) is 0.703. The molecule has 1 amide bonds. The molecule has 5 nitrogen and oxygen atoms in total. The van der Waals surface area contributed by atoms with Gasteiger partial charge in [0.1, 0.15) is 0 Å². The second-order valence-electron chi connectivity index (χ2n) is 5.04. The van der Waals surface area contributed by atoms with E-state index in [-0.39, 0.29) is 17.9 Å². The predicted octanol–water partition coefficient (Wildman–Crippen LogP) is 1.09. The zero-order chi connectivity index (χ0) is 13.5. The van der Waals surface area contributed by atoms with E-state index in [0.29, 0.717) is 26.1 Å². The Morgan fingerprint density at radius 1 is 1.24 bits per heavy atom. The summed E-state index contributed by atoms with van der Waals surface area (Å²) in [5.41, 5.74) is -0.00160. The van der Waals surface area contributed by atoms with E-state index >= 15 is 0 Å². The second-order valence-corrected chi connectivity index (χ2v) is 5.04. The first kappa shape index (κ1) is 15.9. The van der Waals surface area contributed by atoms with Crippen molar-refractivity contribution in [3.05, 3.63) is 0 Å². The lowest BCUT2D eigenvalue weighted by Gasteiger charge is -2.23. The van der Waals surface area contributed by atoms with Gasteiger partial charge in [-0.1, -0.05) is 0 Å². The molecule has 0 aliphatic heterocycles. The smallest absolute Gasteiger partial charge is 0.305 e. The van der Waals surface area contributed by atoms with Crippen LogP contribution >= 0.6 is 0 Å². The van der Waals surface area contributed by atoms with Crippen molar-refractivity contribution >= 4 is 11.9 Å². The maximum Gasteiger partial charge on any atom is 0.305 e. The minimum Gasteiger partial charge on any atom is -0.481 e. The Morgan fingerprint density at radius 3 is 2.24 bits per heavy atom. The first-order valence-electron chi connectivity index (χ1n) is 6.01. The zero-order valence-electron chi connectivity index (χ0n) is 11.2. The van der Waals surface area contributed by atoms with Crippen molar-refractivity contribution in [2.75, 3.05) is 19.6 Å². The van der Waals surface area contributed by atoms with Crippen LogP contribution in [-0.4, -0.2) is 47.1 Å². The van der Waals surface area contributed by atoms with E-state index in [4.69, 9.17) is 5.11 Å². The van der Waals surface area contributed by atoms with Gasteiger partial charge in [-0.2, -0.15) is 0 Å². The van der Waals surface area contributed by atoms with E-state index in [9.17, 15) is 9.59 Å². The number of carbonyl (C=O) groups is 2. The molecule has 0 bridgehead atoms. The molecule has 0 fully saturated rings. The fourth-order valence-electron chi connectivity index (χ4n) is 1.39. The van der Waals surface area contributed by atoms with E-state index in [2.05, 4.69) is 5.32 Å². The van der Waals surface area contributed by atoms with Gasteiger partial charge in [-0.25, -0.2) is 0 Å². The number of amides is 1. The van der Waals surface area contributed by atoms with Crippen LogP contribution in [0.4, 0.5) is 0 Å². The number of nitrogens with one attached hydrogen (secondary N) is 1. The van der Waals surface area contributed by atoms with Crippen LogP contribution in [0, 0.1) is 0 Å². The molecule has 0 aliphatic carbocycles. The molecular formula is C12H24N2O3. The summed E-state index contributed by atoms with van der Waals surface area (Å²) in [6, 6.07) is 0. The third-order valence-corrected chi connectivity index (χ3v) is 2.32. The Kier molecular flexibility index (Phi) is 6.80. The molecule has 0 atom stereocenters. The topological polar surface area (TPSA) is 69.6 Å². The number of nitrogens with zero attached hydrogens (tertiary/aromatic N) is 1. The third kappa shape index (κ3) is 8.68. The summed E-state index contributed by atoms with van der Waals surface area (Å²) in [6.07, 6.45) is 0.414. The maximum absolute atomic E-state index is 11.8. The number of aliphatic carboxylic acids is 1. The molecule has 5 heteroatoms. The molecule has 0 radical (unpaired) electrons. The molecule has 0 aromatic rings. The molecule has 0 unspecified atom stereocenters. The summed E-state index contributed by atoms with van der Waals surface area (Å²) in [5, 5.41) is 11.8. The fraction of sp³-hybridized carbons (Fsp3) is 0.833. The summed E-state index contributed by atoms with van der Waals surface area (Å²) >= 11 is 0. The average molecular weight is 244 g/mol. The lowest BCUT2D eigenvalue weighted by atomic mass is 10.1. The van der Waals surface area contributed by atoms with Gasteiger partial charge < -0.3 is 15.3 Å². The van der Waals surface area contributed by atoms with Crippen molar-refractivity contribution in [2.24, 2.45) is 0 Å². The normalized spacial score (nSPS) is 11.3. The maximum atomic E-state index is 11.8. The lowest BCUT2D eigenvalue weighted by Crippen LogP contribution is -2.40. The molecule has 0 spiro atoms. The van der Waals surface area contributed by atoms with Gasteiger partial charge in [0.25, 0.3) is 0 Å². The van der Waals surface area contributed by atoms with Crippen LogP contribution in [0.25, 0.3) is 0 Å². The molecule has 0 saturated heterocycles. The van der Waals surface area contributed by atoms with Crippen molar-refractivity contribution < 1.29 is 14.7 Å². The van der Waals surface area contributed by atoms with Crippen LogP contribution in [0.3, 0.4) is 0 Å². The third-order valence-electron chi connectivity index (χ3n) is 2.32. The minimum atomic E-state index is -0.871. The van der Waals surface area contributed by atoms with Crippen molar-refractivity contribution in [3.63, 3.8) is 0 Å². The van der Waals surface area contributed by atoms with E-state index in [1.165, 1.54) is 0 Å². The Labute approximate surface area is 103 Å². The Morgan fingerprint density at radius 2 is 1.82 bits per heavy atom. The molecular weight excluding hydrogens is 220 g/mol. The fourth-order valence-corrected chi connectivity index (χ4v) is 1.39. The van der Waals surface area contributed by atoms with Crippen LogP contribution in [0.15, 0.2) is 0 Å². The average Bonchev–Trinajstić information content (AvgIpc) is 2.16. The molecule has 0 aromatic carbocycles. The Balaban J connectivity index is 3.96. The molecule has 2 N–H and O–H groups in total. The van der Waals surface area contributed by atoms with E-state index in [1.807, 2.05) is 27.7 Å². The highest BCUT2D eigenvalue weighted by molar-refractivity contribution is 5.77. The number of carboxylic acids is 1. The number of rotatable bonds is 7. The van der Waals surface area contributed by atoms with Crippen molar-refractivity contribution in [2.45, 2.75) is 46.1 Å². The van der Waals surface area contributed by atoms with Gasteiger partial charge in [0.05, 0.1) is 6.42 Å². The van der Waals surface area contributed by atoms with E-state index in [0.717, 1.165) is 0 Å². The minimum absolute atomic E-state index is 0.00160. The van der Waals surface area contributed by atoms with Crippen LogP contribution in [-0.2, 0) is 9.59 Å².